The Hall–Kier alpha value is -2.10. The summed E-state index contributed by atoms with van der Waals surface area (Å²) in [7, 11) is 1.80. The van der Waals surface area contributed by atoms with Gasteiger partial charge in [0.1, 0.15) is 11.5 Å². The van der Waals surface area contributed by atoms with Crippen LogP contribution in [0.4, 0.5) is 5.82 Å². The highest BCUT2D eigenvalue weighted by Gasteiger charge is 2.14. The first-order valence-corrected chi connectivity index (χ1v) is 6.54. The highest BCUT2D eigenvalue weighted by Crippen LogP contribution is 2.20. The van der Waals surface area contributed by atoms with E-state index in [1.54, 1.807) is 18.0 Å². The van der Waals surface area contributed by atoms with E-state index in [2.05, 4.69) is 11.9 Å². The highest BCUT2D eigenvalue weighted by molar-refractivity contribution is 5.99. The number of anilines is 1. The quantitative estimate of drug-likeness (QED) is 0.916. The molecule has 1 amide bonds. The van der Waals surface area contributed by atoms with Crippen LogP contribution in [0.25, 0.3) is 10.8 Å². The van der Waals surface area contributed by atoms with Crippen molar-refractivity contribution in [1.29, 1.82) is 0 Å². The molecule has 0 bridgehead atoms. The highest BCUT2D eigenvalue weighted by atomic mass is 16.2. The summed E-state index contributed by atoms with van der Waals surface area (Å²) in [5.74, 6) is 0.330. The van der Waals surface area contributed by atoms with Gasteiger partial charge in [-0.2, -0.15) is 0 Å². The van der Waals surface area contributed by atoms with Gasteiger partial charge in [-0.25, -0.2) is 4.98 Å². The van der Waals surface area contributed by atoms with Crippen molar-refractivity contribution < 1.29 is 4.79 Å². The number of aromatic nitrogens is 1. The number of nitrogen functional groups attached to an aromatic ring is 1. The lowest BCUT2D eigenvalue weighted by Crippen LogP contribution is -2.28. The molecule has 1 aromatic carbocycles. The maximum atomic E-state index is 12.3. The number of amides is 1. The topological polar surface area (TPSA) is 59.2 Å². The maximum Gasteiger partial charge on any atom is 0.272 e. The van der Waals surface area contributed by atoms with Crippen LogP contribution in [0.15, 0.2) is 30.3 Å². The van der Waals surface area contributed by atoms with Crippen molar-refractivity contribution in [3.8, 4) is 0 Å². The Kier molecular flexibility index (Phi) is 4.00. The van der Waals surface area contributed by atoms with Crippen LogP contribution in [-0.2, 0) is 0 Å². The van der Waals surface area contributed by atoms with Crippen LogP contribution in [-0.4, -0.2) is 29.4 Å². The summed E-state index contributed by atoms with van der Waals surface area (Å²) < 4.78 is 0. The number of nitrogens with zero attached hydrogens (tertiary/aromatic N) is 2. The van der Waals surface area contributed by atoms with Gasteiger partial charge in [0.25, 0.3) is 5.91 Å². The van der Waals surface area contributed by atoms with Gasteiger partial charge < -0.3 is 10.6 Å². The lowest BCUT2D eigenvalue weighted by molar-refractivity contribution is 0.0788. The summed E-state index contributed by atoms with van der Waals surface area (Å²) in [5, 5.41) is 1.83. The van der Waals surface area contributed by atoms with E-state index in [1.807, 2.05) is 24.3 Å². The van der Waals surface area contributed by atoms with E-state index in [1.165, 1.54) is 0 Å². The van der Waals surface area contributed by atoms with E-state index in [9.17, 15) is 4.79 Å². The van der Waals surface area contributed by atoms with Crippen molar-refractivity contribution in [3.05, 3.63) is 36.0 Å². The van der Waals surface area contributed by atoms with Crippen LogP contribution in [0.3, 0.4) is 0 Å². The summed E-state index contributed by atoms with van der Waals surface area (Å²) in [4.78, 5) is 18.2. The van der Waals surface area contributed by atoms with Crippen LogP contribution >= 0.6 is 0 Å². The molecule has 0 unspecified atom stereocenters. The average molecular weight is 257 g/mol. The average Bonchev–Trinajstić information content (AvgIpc) is 2.43. The van der Waals surface area contributed by atoms with Crippen molar-refractivity contribution in [2.24, 2.45) is 0 Å². The van der Waals surface area contributed by atoms with Gasteiger partial charge in [-0.3, -0.25) is 4.79 Å². The Labute approximate surface area is 113 Å². The lowest BCUT2D eigenvalue weighted by atomic mass is 10.1. The predicted octanol–water partition coefficient (Wildman–Crippen LogP) is 2.69. The van der Waals surface area contributed by atoms with Gasteiger partial charge in [-0.05, 0) is 17.9 Å². The number of fused-ring (bicyclic) bond motifs is 1. The first kappa shape index (κ1) is 13.3. The normalized spacial score (nSPS) is 10.6. The number of nitrogens with two attached hydrogens (primary N) is 1. The summed E-state index contributed by atoms with van der Waals surface area (Å²) in [6.07, 6.45) is 2.05. The van der Waals surface area contributed by atoms with Gasteiger partial charge in [0.2, 0.25) is 0 Å². The molecule has 0 aliphatic carbocycles. The van der Waals surface area contributed by atoms with Crippen LogP contribution < -0.4 is 5.73 Å². The third-order valence-electron chi connectivity index (χ3n) is 3.18. The van der Waals surface area contributed by atoms with Crippen LogP contribution in [0.1, 0.15) is 30.3 Å². The number of rotatable bonds is 4. The van der Waals surface area contributed by atoms with Gasteiger partial charge in [-0.15, -0.1) is 0 Å². The van der Waals surface area contributed by atoms with E-state index in [0.717, 1.165) is 30.2 Å². The molecule has 0 saturated carbocycles. The number of carbonyl (C=O) groups excluding carboxylic acids is 1. The minimum absolute atomic E-state index is 0.0779. The van der Waals surface area contributed by atoms with Crippen molar-refractivity contribution in [3.63, 3.8) is 0 Å². The fourth-order valence-electron chi connectivity index (χ4n) is 2.03. The molecule has 0 radical (unpaired) electrons. The van der Waals surface area contributed by atoms with Gasteiger partial charge in [0.05, 0.1) is 0 Å². The van der Waals surface area contributed by atoms with Gasteiger partial charge in [-0.1, -0.05) is 37.6 Å². The second-order valence-corrected chi connectivity index (χ2v) is 4.69. The molecule has 1 aromatic heterocycles. The molecule has 0 aliphatic heterocycles. The van der Waals surface area contributed by atoms with E-state index in [-0.39, 0.29) is 5.91 Å². The zero-order valence-corrected chi connectivity index (χ0v) is 11.4. The van der Waals surface area contributed by atoms with E-state index < -0.39 is 0 Å². The molecule has 1 heterocycles. The molecular weight excluding hydrogens is 238 g/mol. The second-order valence-electron chi connectivity index (χ2n) is 4.69. The number of hydrogen-bond donors (Lipinski definition) is 1. The summed E-state index contributed by atoms with van der Waals surface area (Å²) in [6, 6.07) is 9.49. The molecule has 2 N–H and O–H groups in total. The number of carbonyl (C=O) groups is 1. The standard InChI is InChI=1S/C15H19N3O/c1-3-4-9-18(2)15(19)13-10-11-7-5-6-8-12(11)14(16)17-13/h5-8,10H,3-4,9H2,1-2H3,(H2,16,17). The molecule has 0 atom stereocenters. The Morgan fingerprint density at radius 3 is 2.84 bits per heavy atom. The number of benzene rings is 1. The SMILES string of the molecule is CCCCN(C)C(=O)c1cc2ccccc2c(N)n1. The molecule has 19 heavy (non-hydrogen) atoms. The van der Waals surface area contributed by atoms with Crippen molar-refractivity contribution in [2.45, 2.75) is 19.8 Å². The smallest absolute Gasteiger partial charge is 0.272 e. The van der Waals surface area contributed by atoms with Gasteiger partial charge >= 0.3 is 0 Å². The van der Waals surface area contributed by atoms with E-state index >= 15 is 0 Å². The number of hydrogen-bond acceptors (Lipinski definition) is 3. The van der Waals surface area contributed by atoms with Crippen molar-refractivity contribution in [1.82, 2.24) is 9.88 Å². The van der Waals surface area contributed by atoms with Gasteiger partial charge in [0.15, 0.2) is 0 Å². The Balaban J connectivity index is 2.32. The van der Waals surface area contributed by atoms with Crippen LogP contribution in [0, 0.1) is 0 Å². The fourth-order valence-corrected chi connectivity index (χ4v) is 2.03. The maximum absolute atomic E-state index is 12.3. The Morgan fingerprint density at radius 2 is 2.11 bits per heavy atom. The van der Waals surface area contributed by atoms with E-state index in [4.69, 9.17) is 5.73 Å². The molecule has 100 valence electrons. The zero-order valence-electron chi connectivity index (χ0n) is 11.4. The van der Waals surface area contributed by atoms with Gasteiger partial charge in [0, 0.05) is 19.0 Å². The molecule has 0 saturated heterocycles. The number of unbranched alkanes of at least 4 members (excludes halogenated alkanes) is 1. The molecule has 2 aromatic rings. The molecule has 0 spiro atoms. The van der Waals surface area contributed by atoms with E-state index in [0.29, 0.717) is 11.5 Å². The second kappa shape index (κ2) is 5.69. The van der Waals surface area contributed by atoms with Crippen LogP contribution in [0.2, 0.25) is 0 Å². The minimum atomic E-state index is -0.0779. The molecule has 4 nitrogen and oxygen atoms in total. The third kappa shape index (κ3) is 2.84. The molecule has 2 rings (SSSR count). The van der Waals surface area contributed by atoms with Crippen molar-refractivity contribution >= 4 is 22.5 Å². The predicted molar refractivity (Wildman–Crippen MR) is 78.0 cm³/mol. The number of pyridine rings is 1. The zero-order chi connectivity index (χ0) is 13.8. The molecule has 0 aliphatic rings. The fraction of sp³-hybridized carbons (Fsp3) is 0.333. The summed E-state index contributed by atoms with van der Waals surface area (Å²) >= 11 is 0. The van der Waals surface area contributed by atoms with Crippen LogP contribution in [0.5, 0.6) is 0 Å². The molecule has 4 heteroatoms. The molecular formula is C15H19N3O. The Bertz CT molecular complexity index is 595. The minimum Gasteiger partial charge on any atom is -0.383 e. The summed E-state index contributed by atoms with van der Waals surface area (Å²) in [6.45, 7) is 2.84. The van der Waals surface area contributed by atoms with Crippen molar-refractivity contribution in [2.75, 3.05) is 19.3 Å². The largest absolute Gasteiger partial charge is 0.383 e. The Morgan fingerprint density at radius 1 is 1.37 bits per heavy atom. The lowest BCUT2D eigenvalue weighted by Gasteiger charge is -2.16. The third-order valence-corrected chi connectivity index (χ3v) is 3.18. The summed E-state index contributed by atoms with van der Waals surface area (Å²) in [5.41, 5.74) is 6.33. The first-order valence-electron chi connectivity index (χ1n) is 6.54. The monoisotopic (exact) mass is 257 g/mol. The first-order chi connectivity index (χ1) is 9.13. The molecule has 0 fully saturated rings.